The molecule has 1 atom stereocenters. The SMILES string of the molecule is CCCC(CO)(CNC(=O)OC(C)(C)C)Cc1csc(C)n1. The second kappa shape index (κ2) is 7.92. The first-order valence-corrected chi connectivity index (χ1v) is 8.56. The molecule has 2 N–H and O–H groups in total. The molecule has 1 heterocycles. The molecule has 5 nitrogen and oxygen atoms in total. The molecule has 0 bridgehead atoms. The van der Waals surface area contributed by atoms with Gasteiger partial charge in [0.1, 0.15) is 5.60 Å². The Labute approximate surface area is 137 Å². The summed E-state index contributed by atoms with van der Waals surface area (Å²) in [5.74, 6) is 0. The minimum atomic E-state index is -0.525. The Hall–Kier alpha value is -1.14. The summed E-state index contributed by atoms with van der Waals surface area (Å²) in [5.41, 5.74) is 0.0468. The van der Waals surface area contributed by atoms with Crippen LogP contribution in [0.3, 0.4) is 0 Å². The molecule has 1 aromatic heterocycles. The summed E-state index contributed by atoms with van der Waals surface area (Å²) in [7, 11) is 0. The monoisotopic (exact) mass is 328 g/mol. The van der Waals surface area contributed by atoms with Crippen LogP contribution in [-0.4, -0.2) is 34.9 Å². The molecule has 0 aliphatic heterocycles. The second-order valence-electron chi connectivity index (χ2n) is 6.80. The number of aliphatic hydroxyl groups excluding tert-OH is 1. The van der Waals surface area contributed by atoms with E-state index in [0.717, 1.165) is 23.5 Å². The van der Waals surface area contributed by atoms with Crippen molar-refractivity contribution in [3.63, 3.8) is 0 Å². The summed E-state index contributed by atoms with van der Waals surface area (Å²) in [4.78, 5) is 16.3. The molecular weight excluding hydrogens is 300 g/mol. The number of aromatic nitrogens is 1. The van der Waals surface area contributed by atoms with Gasteiger partial charge in [-0.15, -0.1) is 11.3 Å². The fraction of sp³-hybridized carbons (Fsp3) is 0.750. The Morgan fingerprint density at radius 1 is 1.45 bits per heavy atom. The molecule has 0 aliphatic rings. The normalized spacial score (nSPS) is 14.5. The molecule has 22 heavy (non-hydrogen) atoms. The fourth-order valence-corrected chi connectivity index (χ4v) is 3.02. The zero-order valence-corrected chi connectivity index (χ0v) is 15.0. The number of carbonyl (C=O) groups excluding carboxylic acids is 1. The molecule has 0 saturated heterocycles. The summed E-state index contributed by atoms with van der Waals surface area (Å²) in [6.45, 7) is 9.91. The van der Waals surface area contributed by atoms with E-state index < -0.39 is 17.1 Å². The first kappa shape index (κ1) is 18.9. The number of aliphatic hydroxyl groups is 1. The Morgan fingerprint density at radius 2 is 2.14 bits per heavy atom. The molecule has 6 heteroatoms. The summed E-state index contributed by atoms with van der Waals surface area (Å²) < 4.78 is 5.26. The van der Waals surface area contributed by atoms with Crippen molar-refractivity contribution in [2.24, 2.45) is 5.41 Å². The number of alkyl carbamates (subject to hydrolysis) is 1. The molecule has 126 valence electrons. The highest BCUT2D eigenvalue weighted by Gasteiger charge is 2.31. The van der Waals surface area contributed by atoms with Crippen molar-refractivity contribution in [3.8, 4) is 0 Å². The van der Waals surface area contributed by atoms with Crippen molar-refractivity contribution in [2.45, 2.75) is 59.5 Å². The Kier molecular flexibility index (Phi) is 6.81. The third-order valence-corrected chi connectivity index (χ3v) is 4.17. The van der Waals surface area contributed by atoms with Gasteiger partial charge in [0.15, 0.2) is 0 Å². The van der Waals surface area contributed by atoms with Crippen molar-refractivity contribution in [1.29, 1.82) is 0 Å². The van der Waals surface area contributed by atoms with Crippen molar-refractivity contribution >= 4 is 17.4 Å². The van der Waals surface area contributed by atoms with Gasteiger partial charge < -0.3 is 15.2 Å². The number of ether oxygens (including phenoxy) is 1. The predicted octanol–water partition coefficient (Wildman–Crippen LogP) is 3.30. The topological polar surface area (TPSA) is 71.5 Å². The van der Waals surface area contributed by atoms with Crippen LogP contribution in [0.2, 0.25) is 0 Å². The Balaban J connectivity index is 2.72. The van der Waals surface area contributed by atoms with E-state index in [1.165, 1.54) is 0 Å². The van der Waals surface area contributed by atoms with E-state index in [1.807, 2.05) is 33.1 Å². The molecule has 0 aromatic carbocycles. The summed E-state index contributed by atoms with van der Waals surface area (Å²) in [6.07, 6.45) is 1.95. The van der Waals surface area contributed by atoms with E-state index in [9.17, 15) is 9.90 Å². The number of hydrogen-bond donors (Lipinski definition) is 2. The zero-order chi connectivity index (χ0) is 16.8. The lowest BCUT2D eigenvalue weighted by atomic mass is 9.80. The molecular formula is C16H28N2O3S. The first-order valence-electron chi connectivity index (χ1n) is 7.68. The average Bonchev–Trinajstić information content (AvgIpc) is 2.79. The van der Waals surface area contributed by atoms with Gasteiger partial charge in [0.05, 0.1) is 17.3 Å². The van der Waals surface area contributed by atoms with Crippen molar-refractivity contribution in [1.82, 2.24) is 10.3 Å². The zero-order valence-electron chi connectivity index (χ0n) is 14.2. The van der Waals surface area contributed by atoms with Crippen LogP contribution in [0, 0.1) is 12.3 Å². The molecule has 0 fully saturated rings. The van der Waals surface area contributed by atoms with Crippen LogP contribution < -0.4 is 5.32 Å². The van der Waals surface area contributed by atoms with Gasteiger partial charge in [-0.2, -0.15) is 0 Å². The Bertz CT molecular complexity index is 482. The minimum absolute atomic E-state index is 0.00715. The summed E-state index contributed by atoms with van der Waals surface area (Å²) in [6, 6.07) is 0. The van der Waals surface area contributed by atoms with E-state index in [0.29, 0.717) is 13.0 Å². The van der Waals surface area contributed by atoms with Gasteiger partial charge in [0, 0.05) is 23.8 Å². The Morgan fingerprint density at radius 3 is 2.59 bits per heavy atom. The fourth-order valence-electron chi connectivity index (χ4n) is 2.41. The van der Waals surface area contributed by atoms with Crippen LogP contribution in [0.1, 0.15) is 51.2 Å². The van der Waals surface area contributed by atoms with Gasteiger partial charge in [0.25, 0.3) is 0 Å². The molecule has 0 saturated carbocycles. The van der Waals surface area contributed by atoms with Crippen LogP contribution in [0.4, 0.5) is 4.79 Å². The first-order chi connectivity index (χ1) is 10.2. The lowest BCUT2D eigenvalue weighted by Crippen LogP contribution is -2.43. The maximum Gasteiger partial charge on any atom is 0.407 e. The van der Waals surface area contributed by atoms with Crippen molar-refractivity contribution < 1.29 is 14.6 Å². The molecule has 0 spiro atoms. The second-order valence-corrected chi connectivity index (χ2v) is 7.86. The highest BCUT2D eigenvalue weighted by Crippen LogP contribution is 2.28. The highest BCUT2D eigenvalue weighted by molar-refractivity contribution is 7.09. The summed E-state index contributed by atoms with van der Waals surface area (Å²) in [5, 5.41) is 15.7. The lowest BCUT2D eigenvalue weighted by Gasteiger charge is -2.32. The molecule has 1 amide bonds. The molecule has 1 rings (SSSR count). The van der Waals surface area contributed by atoms with Gasteiger partial charge in [-0.3, -0.25) is 0 Å². The third-order valence-electron chi connectivity index (χ3n) is 3.35. The van der Waals surface area contributed by atoms with Crippen molar-refractivity contribution in [3.05, 3.63) is 16.1 Å². The van der Waals surface area contributed by atoms with Crippen LogP contribution in [0.25, 0.3) is 0 Å². The van der Waals surface area contributed by atoms with Gasteiger partial charge in [-0.25, -0.2) is 9.78 Å². The standard InChI is InChI=1S/C16H28N2O3S/c1-6-7-16(11-19,8-13-9-22-12(2)18-13)10-17-14(20)21-15(3,4)5/h9,19H,6-8,10-11H2,1-5H3,(H,17,20). The molecule has 1 unspecified atom stereocenters. The number of carbonyl (C=O) groups is 1. The van der Waals surface area contributed by atoms with Crippen LogP contribution in [0.15, 0.2) is 5.38 Å². The number of aryl methyl sites for hydroxylation is 1. The number of nitrogens with zero attached hydrogens (tertiary/aromatic N) is 1. The van der Waals surface area contributed by atoms with Gasteiger partial charge >= 0.3 is 6.09 Å². The maximum absolute atomic E-state index is 11.9. The van der Waals surface area contributed by atoms with Gasteiger partial charge in [-0.05, 0) is 34.1 Å². The van der Waals surface area contributed by atoms with Crippen LogP contribution >= 0.6 is 11.3 Å². The quantitative estimate of drug-likeness (QED) is 0.805. The lowest BCUT2D eigenvalue weighted by molar-refractivity contribution is 0.0454. The van der Waals surface area contributed by atoms with E-state index in [2.05, 4.69) is 17.2 Å². The number of hydrogen-bond acceptors (Lipinski definition) is 5. The van der Waals surface area contributed by atoms with Crippen LogP contribution in [-0.2, 0) is 11.2 Å². The predicted molar refractivity (Wildman–Crippen MR) is 89.2 cm³/mol. The highest BCUT2D eigenvalue weighted by atomic mass is 32.1. The minimum Gasteiger partial charge on any atom is -0.444 e. The van der Waals surface area contributed by atoms with E-state index in [1.54, 1.807) is 11.3 Å². The van der Waals surface area contributed by atoms with Crippen molar-refractivity contribution in [2.75, 3.05) is 13.2 Å². The molecule has 0 aliphatic carbocycles. The van der Waals surface area contributed by atoms with Gasteiger partial charge in [0.2, 0.25) is 0 Å². The number of amides is 1. The van der Waals surface area contributed by atoms with E-state index in [-0.39, 0.29) is 6.61 Å². The van der Waals surface area contributed by atoms with E-state index in [4.69, 9.17) is 4.74 Å². The molecule has 0 radical (unpaired) electrons. The largest absolute Gasteiger partial charge is 0.444 e. The number of nitrogens with one attached hydrogen (secondary N) is 1. The van der Waals surface area contributed by atoms with Gasteiger partial charge in [-0.1, -0.05) is 13.3 Å². The third kappa shape index (κ3) is 6.32. The van der Waals surface area contributed by atoms with E-state index >= 15 is 0 Å². The summed E-state index contributed by atoms with van der Waals surface area (Å²) >= 11 is 1.60. The maximum atomic E-state index is 11.9. The number of rotatable bonds is 7. The average molecular weight is 328 g/mol. The molecule has 1 aromatic rings. The smallest absolute Gasteiger partial charge is 0.407 e. The number of thiazole rings is 1. The van der Waals surface area contributed by atoms with Crippen LogP contribution in [0.5, 0.6) is 0 Å².